The number of hydrogen-bond donors (Lipinski definition) is 2. The van der Waals surface area contributed by atoms with Crippen LogP contribution in [0.4, 0.5) is 0 Å². The van der Waals surface area contributed by atoms with Gasteiger partial charge < -0.3 is 15.2 Å². The van der Waals surface area contributed by atoms with Crippen molar-refractivity contribution in [2.75, 3.05) is 27.2 Å². The molecule has 2 rings (SSSR count). The summed E-state index contributed by atoms with van der Waals surface area (Å²) in [4.78, 5) is 17.6. The second-order valence-corrected chi connectivity index (χ2v) is 6.33. The Morgan fingerprint density at radius 3 is 2.70 bits per heavy atom. The molecule has 1 amide bonds. The zero-order valence-electron chi connectivity index (χ0n) is 12.7. The Kier molecular flexibility index (Phi) is 4.14. The van der Waals surface area contributed by atoms with Gasteiger partial charge in [-0.2, -0.15) is 0 Å². The van der Waals surface area contributed by atoms with E-state index >= 15 is 0 Å². The van der Waals surface area contributed by atoms with Crippen molar-refractivity contribution in [1.82, 2.24) is 15.2 Å². The summed E-state index contributed by atoms with van der Waals surface area (Å²) in [6, 6.07) is 7.84. The van der Waals surface area contributed by atoms with Gasteiger partial charge in [-0.3, -0.25) is 4.79 Å². The Labute approximate surface area is 120 Å². The smallest absolute Gasteiger partial charge is 0.253 e. The molecular weight excluding hydrogens is 250 g/mol. The van der Waals surface area contributed by atoms with Gasteiger partial charge in [-0.05, 0) is 25.6 Å². The lowest BCUT2D eigenvalue weighted by molar-refractivity contribution is 0.0931. The van der Waals surface area contributed by atoms with Gasteiger partial charge >= 0.3 is 0 Å². The van der Waals surface area contributed by atoms with E-state index in [1.807, 2.05) is 38.4 Å². The Balaban J connectivity index is 2.06. The molecule has 108 valence electrons. The van der Waals surface area contributed by atoms with E-state index in [-0.39, 0.29) is 11.3 Å². The van der Waals surface area contributed by atoms with Crippen molar-refractivity contribution in [3.8, 4) is 0 Å². The molecule has 0 spiro atoms. The third kappa shape index (κ3) is 3.39. The van der Waals surface area contributed by atoms with Crippen LogP contribution in [0.25, 0.3) is 10.9 Å². The standard InChI is InChI=1S/C16H23N3O/c1-16(2,11-19(3)4)10-18-15(20)13-9-17-14-8-6-5-7-12(13)14/h5-9,17H,10-11H2,1-4H3,(H,18,20). The molecule has 0 aliphatic carbocycles. The van der Waals surface area contributed by atoms with Crippen LogP contribution in [-0.4, -0.2) is 43.0 Å². The summed E-state index contributed by atoms with van der Waals surface area (Å²) in [5.41, 5.74) is 1.75. The average molecular weight is 273 g/mol. The molecule has 4 heteroatoms. The Bertz CT molecular complexity index is 599. The highest BCUT2D eigenvalue weighted by molar-refractivity contribution is 6.06. The molecule has 0 unspecified atom stereocenters. The van der Waals surface area contributed by atoms with E-state index in [0.29, 0.717) is 12.1 Å². The first kappa shape index (κ1) is 14.6. The lowest BCUT2D eigenvalue weighted by atomic mass is 9.93. The number of carbonyl (C=O) groups is 1. The predicted molar refractivity (Wildman–Crippen MR) is 83.0 cm³/mol. The average Bonchev–Trinajstić information content (AvgIpc) is 2.78. The largest absolute Gasteiger partial charge is 0.360 e. The van der Waals surface area contributed by atoms with Gasteiger partial charge in [0.05, 0.1) is 5.56 Å². The molecule has 1 heterocycles. The highest BCUT2D eigenvalue weighted by atomic mass is 16.1. The lowest BCUT2D eigenvalue weighted by Crippen LogP contribution is -2.39. The second-order valence-electron chi connectivity index (χ2n) is 6.33. The van der Waals surface area contributed by atoms with E-state index in [9.17, 15) is 4.79 Å². The number of aromatic nitrogens is 1. The minimum Gasteiger partial charge on any atom is -0.360 e. The second kappa shape index (κ2) is 5.67. The fraction of sp³-hybridized carbons (Fsp3) is 0.438. The quantitative estimate of drug-likeness (QED) is 0.879. The van der Waals surface area contributed by atoms with Gasteiger partial charge in [0.1, 0.15) is 0 Å². The molecule has 0 saturated heterocycles. The van der Waals surface area contributed by atoms with Crippen molar-refractivity contribution in [3.63, 3.8) is 0 Å². The number of rotatable bonds is 5. The fourth-order valence-corrected chi connectivity index (χ4v) is 2.59. The van der Waals surface area contributed by atoms with E-state index in [0.717, 1.165) is 17.4 Å². The van der Waals surface area contributed by atoms with Crippen molar-refractivity contribution in [2.24, 2.45) is 5.41 Å². The molecule has 2 aromatic rings. The maximum absolute atomic E-state index is 12.3. The molecule has 0 aliphatic heterocycles. The summed E-state index contributed by atoms with van der Waals surface area (Å²) in [5, 5.41) is 4.01. The van der Waals surface area contributed by atoms with Gasteiger partial charge in [0.2, 0.25) is 0 Å². The zero-order valence-corrected chi connectivity index (χ0v) is 12.7. The van der Waals surface area contributed by atoms with Crippen LogP contribution in [0.1, 0.15) is 24.2 Å². The van der Waals surface area contributed by atoms with Gasteiger partial charge in [-0.1, -0.05) is 32.0 Å². The molecule has 0 atom stereocenters. The van der Waals surface area contributed by atoms with Crippen LogP contribution in [0.5, 0.6) is 0 Å². The summed E-state index contributed by atoms with van der Waals surface area (Å²) in [7, 11) is 4.09. The highest BCUT2D eigenvalue weighted by Crippen LogP contribution is 2.19. The van der Waals surface area contributed by atoms with E-state index in [1.165, 1.54) is 0 Å². The summed E-state index contributed by atoms with van der Waals surface area (Å²) < 4.78 is 0. The molecule has 0 bridgehead atoms. The number of benzene rings is 1. The summed E-state index contributed by atoms with van der Waals surface area (Å²) in [6.45, 7) is 5.90. The number of hydrogen-bond acceptors (Lipinski definition) is 2. The van der Waals surface area contributed by atoms with Crippen LogP contribution in [0.15, 0.2) is 30.5 Å². The first-order valence-corrected chi connectivity index (χ1v) is 6.88. The van der Waals surface area contributed by atoms with Crippen LogP contribution in [0, 0.1) is 5.41 Å². The number of nitrogens with one attached hydrogen (secondary N) is 2. The number of amides is 1. The normalized spacial score (nSPS) is 12.1. The molecule has 2 N–H and O–H groups in total. The van der Waals surface area contributed by atoms with Crippen molar-refractivity contribution >= 4 is 16.8 Å². The van der Waals surface area contributed by atoms with E-state index in [1.54, 1.807) is 6.20 Å². The molecule has 20 heavy (non-hydrogen) atoms. The number of aromatic amines is 1. The van der Waals surface area contributed by atoms with Crippen molar-refractivity contribution in [3.05, 3.63) is 36.0 Å². The first-order valence-electron chi connectivity index (χ1n) is 6.88. The van der Waals surface area contributed by atoms with Crippen LogP contribution < -0.4 is 5.32 Å². The van der Waals surface area contributed by atoms with E-state index in [2.05, 4.69) is 29.0 Å². The minimum absolute atomic E-state index is 0.0192. The predicted octanol–water partition coefficient (Wildman–Crippen LogP) is 2.49. The van der Waals surface area contributed by atoms with E-state index in [4.69, 9.17) is 0 Å². The lowest BCUT2D eigenvalue weighted by Gasteiger charge is -2.28. The van der Waals surface area contributed by atoms with Crippen LogP contribution >= 0.6 is 0 Å². The van der Waals surface area contributed by atoms with Gasteiger partial charge in [-0.15, -0.1) is 0 Å². The fourth-order valence-electron chi connectivity index (χ4n) is 2.59. The number of nitrogens with zero attached hydrogens (tertiary/aromatic N) is 1. The third-order valence-electron chi connectivity index (χ3n) is 3.31. The minimum atomic E-state index is -0.0192. The number of fused-ring (bicyclic) bond motifs is 1. The van der Waals surface area contributed by atoms with Gasteiger partial charge in [0, 0.05) is 30.2 Å². The zero-order chi connectivity index (χ0) is 14.8. The van der Waals surface area contributed by atoms with Gasteiger partial charge in [-0.25, -0.2) is 0 Å². The van der Waals surface area contributed by atoms with Gasteiger partial charge in [0.25, 0.3) is 5.91 Å². The third-order valence-corrected chi connectivity index (χ3v) is 3.31. The Morgan fingerprint density at radius 2 is 2.00 bits per heavy atom. The summed E-state index contributed by atoms with van der Waals surface area (Å²) in [5.74, 6) is -0.0192. The van der Waals surface area contributed by atoms with Crippen molar-refractivity contribution < 1.29 is 4.79 Å². The molecule has 0 saturated carbocycles. The van der Waals surface area contributed by atoms with Crippen LogP contribution in [0.3, 0.4) is 0 Å². The topological polar surface area (TPSA) is 48.1 Å². The van der Waals surface area contributed by atoms with Gasteiger partial charge in [0.15, 0.2) is 0 Å². The van der Waals surface area contributed by atoms with E-state index < -0.39 is 0 Å². The number of carbonyl (C=O) groups excluding carboxylic acids is 1. The molecule has 1 aromatic carbocycles. The highest BCUT2D eigenvalue weighted by Gasteiger charge is 2.21. The Morgan fingerprint density at radius 1 is 1.30 bits per heavy atom. The summed E-state index contributed by atoms with van der Waals surface area (Å²) >= 11 is 0. The molecule has 1 aromatic heterocycles. The number of para-hydroxylation sites is 1. The summed E-state index contributed by atoms with van der Waals surface area (Å²) in [6.07, 6.45) is 1.78. The molecule has 0 fully saturated rings. The molecule has 4 nitrogen and oxygen atoms in total. The number of H-pyrrole nitrogens is 1. The van der Waals surface area contributed by atoms with Crippen molar-refractivity contribution in [1.29, 1.82) is 0 Å². The molecule has 0 radical (unpaired) electrons. The maximum Gasteiger partial charge on any atom is 0.253 e. The Hall–Kier alpha value is -1.81. The van der Waals surface area contributed by atoms with Crippen molar-refractivity contribution in [2.45, 2.75) is 13.8 Å². The van der Waals surface area contributed by atoms with Crippen LogP contribution in [-0.2, 0) is 0 Å². The first-order chi connectivity index (χ1) is 9.39. The molecular formula is C16H23N3O. The van der Waals surface area contributed by atoms with Crippen LogP contribution in [0.2, 0.25) is 0 Å². The monoisotopic (exact) mass is 273 g/mol. The SMILES string of the molecule is CN(C)CC(C)(C)CNC(=O)c1c[nH]c2ccccc12. The molecule has 0 aliphatic rings. The maximum atomic E-state index is 12.3.